The summed E-state index contributed by atoms with van der Waals surface area (Å²) in [4.78, 5) is 12.1. The molecule has 1 saturated heterocycles. The third-order valence-corrected chi connectivity index (χ3v) is 4.54. The van der Waals surface area contributed by atoms with E-state index in [0.29, 0.717) is 32.1 Å². The van der Waals surface area contributed by atoms with E-state index < -0.39 is 6.04 Å². The SMILES string of the molecule is NC(C(=O)NCCNc1ccc(-c2ccccc2)nn1)C1CCOCC1. The Labute approximate surface area is 153 Å². The van der Waals surface area contributed by atoms with E-state index in [0.717, 1.165) is 24.1 Å². The zero-order valence-corrected chi connectivity index (χ0v) is 14.7. The molecule has 1 atom stereocenters. The third-order valence-electron chi connectivity index (χ3n) is 4.54. The van der Waals surface area contributed by atoms with Gasteiger partial charge in [-0.1, -0.05) is 30.3 Å². The molecule has 0 aliphatic carbocycles. The van der Waals surface area contributed by atoms with E-state index in [-0.39, 0.29) is 11.8 Å². The Balaban J connectivity index is 1.40. The van der Waals surface area contributed by atoms with Crippen molar-refractivity contribution in [3.05, 3.63) is 42.5 Å². The number of carbonyl (C=O) groups is 1. The summed E-state index contributed by atoms with van der Waals surface area (Å²) < 4.78 is 5.30. The van der Waals surface area contributed by atoms with Gasteiger partial charge in [0.25, 0.3) is 0 Å². The van der Waals surface area contributed by atoms with Gasteiger partial charge in [-0.3, -0.25) is 4.79 Å². The summed E-state index contributed by atoms with van der Waals surface area (Å²) in [6, 6.07) is 13.2. The highest BCUT2D eigenvalue weighted by Gasteiger charge is 2.26. The summed E-state index contributed by atoms with van der Waals surface area (Å²) in [5.74, 6) is 0.768. The standard InChI is InChI=1S/C19H25N5O2/c20-18(15-8-12-26-13-9-15)19(25)22-11-10-21-17-7-6-16(23-24-17)14-4-2-1-3-5-14/h1-7,15,18H,8-13,20H2,(H,21,24)(H,22,25). The van der Waals surface area contributed by atoms with Crippen molar-refractivity contribution in [2.45, 2.75) is 18.9 Å². The first-order valence-corrected chi connectivity index (χ1v) is 8.98. The topological polar surface area (TPSA) is 102 Å². The molecule has 1 amide bonds. The quantitative estimate of drug-likeness (QED) is 0.649. The van der Waals surface area contributed by atoms with Gasteiger partial charge in [0.05, 0.1) is 11.7 Å². The molecule has 1 fully saturated rings. The number of benzene rings is 1. The molecule has 1 aliphatic rings. The molecule has 138 valence electrons. The minimum absolute atomic E-state index is 0.107. The van der Waals surface area contributed by atoms with Gasteiger partial charge in [0.1, 0.15) is 5.82 Å². The van der Waals surface area contributed by atoms with Crippen LogP contribution < -0.4 is 16.4 Å². The Hall–Kier alpha value is -2.51. The molecule has 2 aromatic rings. The molecule has 0 radical (unpaired) electrons. The smallest absolute Gasteiger partial charge is 0.237 e. The molecular formula is C19H25N5O2. The van der Waals surface area contributed by atoms with Gasteiger partial charge in [0.15, 0.2) is 0 Å². The number of amides is 1. The van der Waals surface area contributed by atoms with Crippen molar-refractivity contribution in [1.29, 1.82) is 0 Å². The molecule has 0 saturated carbocycles. The monoisotopic (exact) mass is 355 g/mol. The molecular weight excluding hydrogens is 330 g/mol. The second-order valence-electron chi connectivity index (χ2n) is 6.36. The van der Waals surface area contributed by atoms with Crippen molar-refractivity contribution in [3.63, 3.8) is 0 Å². The van der Waals surface area contributed by atoms with Gasteiger partial charge in [-0.2, -0.15) is 0 Å². The predicted octanol–water partition coefficient (Wildman–Crippen LogP) is 1.43. The molecule has 7 heteroatoms. The summed E-state index contributed by atoms with van der Waals surface area (Å²) in [5.41, 5.74) is 7.90. The zero-order valence-electron chi connectivity index (χ0n) is 14.7. The van der Waals surface area contributed by atoms with Crippen molar-refractivity contribution < 1.29 is 9.53 Å². The Morgan fingerprint density at radius 1 is 1.12 bits per heavy atom. The second kappa shape index (κ2) is 9.26. The average molecular weight is 355 g/mol. The lowest BCUT2D eigenvalue weighted by atomic mass is 9.92. The number of hydrogen-bond acceptors (Lipinski definition) is 6. The van der Waals surface area contributed by atoms with E-state index in [4.69, 9.17) is 10.5 Å². The number of nitrogens with one attached hydrogen (secondary N) is 2. The fourth-order valence-electron chi connectivity index (χ4n) is 2.97. The van der Waals surface area contributed by atoms with E-state index in [2.05, 4.69) is 20.8 Å². The van der Waals surface area contributed by atoms with Gasteiger partial charge < -0.3 is 21.1 Å². The minimum atomic E-state index is -0.469. The van der Waals surface area contributed by atoms with Crippen LogP contribution in [0.5, 0.6) is 0 Å². The maximum absolute atomic E-state index is 12.1. The maximum atomic E-state index is 12.1. The highest BCUT2D eigenvalue weighted by atomic mass is 16.5. The number of carbonyl (C=O) groups excluding carboxylic acids is 1. The molecule has 4 N–H and O–H groups in total. The Bertz CT molecular complexity index is 687. The Morgan fingerprint density at radius 3 is 2.58 bits per heavy atom. The molecule has 2 heterocycles. The number of aromatic nitrogens is 2. The van der Waals surface area contributed by atoms with Crippen molar-refractivity contribution in [3.8, 4) is 11.3 Å². The van der Waals surface area contributed by atoms with Crippen molar-refractivity contribution in [1.82, 2.24) is 15.5 Å². The van der Waals surface area contributed by atoms with Crippen molar-refractivity contribution >= 4 is 11.7 Å². The average Bonchev–Trinajstić information content (AvgIpc) is 2.72. The zero-order chi connectivity index (χ0) is 18.2. The van der Waals surface area contributed by atoms with E-state index in [1.165, 1.54) is 0 Å². The Kier molecular flexibility index (Phi) is 6.51. The van der Waals surface area contributed by atoms with Gasteiger partial charge >= 0.3 is 0 Å². The summed E-state index contributed by atoms with van der Waals surface area (Å²) >= 11 is 0. The second-order valence-corrected chi connectivity index (χ2v) is 6.36. The molecule has 3 rings (SSSR count). The first-order chi connectivity index (χ1) is 12.7. The molecule has 1 aliphatic heterocycles. The fourth-order valence-corrected chi connectivity index (χ4v) is 2.97. The minimum Gasteiger partial charge on any atom is -0.381 e. The van der Waals surface area contributed by atoms with Gasteiger partial charge in [-0.05, 0) is 30.9 Å². The van der Waals surface area contributed by atoms with Crippen LogP contribution in [0, 0.1) is 5.92 Å². The summed E-state index contributed by atoms with van der Waals surface area (Å²) in [7, 11) is 0. The predicted molar refractivity (Wildman–Crippen MR) is 100 cm³/mol. The van der Waals surface area contributed by atoms with Crippen molar-refractivity contribution in [2.24, 2.45) is 11.7 Å². The summed E-state index contributed by atoms with van der Waals surface area (Å²) in [5, 5.41) is 14.4. The van der Waals surface area contributed by atoms with Gasteiger partial charge in [-0.25, -0.2) is 0 Å². The number of nitrogens with zero attached hydrogens (tertiary/aromatic N) is 2. The summed E-state index contributed by atoms with van der Waals surface area (Å²) in [6.07, 6.45) is 1.69. The number of nitrogens with two attached hydrogens (primary N) is 1. The number of anilines is 1. The van der Waals surface area contributed by atoms with E-state index in [9.17, 15) is 4.79 Å². The lowest BCUT2D eigenvalue weighted by Crippen LogP contribution is -2.48. The van der Waals surface area contributed by atoms with E-state index in [1.807, 2.05) is 42.5 Å². The molecule has 1 aromatic carbocycles. The largest absolute Gasteiger partial charge is 0.381 e. The van der Waals surface area contributed by atoms with Crippen LogP contribution in [0.4, 0.5) is 5.82 Å². The Morgan fingerprint density at radius 2 is 1.88 bits per heavy atom. The third kappa shape index (κ3) is 5.00. The van der Waals surface area contributed by atoms with E-state index >= 15 is 0 Å². The number of ether oxygens (including phenoxy) is 1. The van der Waals surface area contributed by atoms with E-state index in [1.54, 1.807) is 0 Å². The fraction of sp³-hybridized carbons (Fsp3) is 0.421. The molecule has 1 unspecified atom stereocenters. The summed E-state index contributed by atoms with van der Waals surface area (Å²) in [6.45, 7) is 2.42. The van der Waals surface area contributed by atoms with Crippen LogP contribution in [0.2, 0.25) is 0 Å². The highest BCUT2D eigenvalue weighted by Crippen LogP contribution is 2.18. The number of rotatable bonds is 7. The molecule has 0 spiro atoms. The normalized spacial score (nSPS) is 16.0. The van der Waals surface area contributed by atoms with Crippen LogP contribution in [0.3, 0.4) is 0 Å². The van der Waals surface area contributed by atoms with Gasteiger partial charge in [-0.15, -0.1) is 10.2 Å². The van der Waals surface area contributed by atoms with Crippen LogP contribution in [0.25, 0.3) is 11.3 Å². The molecule has 0 bridgehead atoms. The van der Waals surface area contributed by atoms with Crippen LogP contribution in [-0.2, 0) is 9.53 Å². The first kappa shape index (κ1) is 18.3. The lowest BCUT2D eigenvalue weighted by molar-refractivity contribution is -0.124. The molecule has 1 aromatic heterocycles. The molecule has 26 heavy (non-hydrogen) atoms. The number of hydrogen-bond donors (Lipinski definition) is 3. The highest BCUT2D eigenvalue weighted by molar-refractivity contribution is 5.81. The van der Waals surface area contributed by atoms with Crippen LogP contribution in [-0.4, -0.2) is 48.4 Å². The molecule has 7 nitrogen and oxygen atoms in total. The van der Waals surface area contributed by atoms with Gasteiger partial charge in [0.2, 0.25) is 5.91 Å². The maximum Gasteiger partial charge on any atom is 0.237 e. The van der Waals surface area contributed by atoms with Crippen LogP contribution in [0.1, 0.15) is 12.8 Å². The van der Waals surface area contributed by atoms with Crippen LogP contribution in [0.15, 0.2) is 42.5 Å². The van der Waals surface area contributed by atoms with Crippen molar-refractivity contribution in [2.75, 3.05) is 31.6 Å². The lowest BCUT2D eigenvalue weighted by Gasteiger charge is -2.26. The first-order valence-electron chi connectivity index (χ1n) is 8.98. The van der Waals surface area contributed by atoms with Gasteiger partial charge in [0, 0.05) is 31.9 Å². The van der Waals surface area contributed by atoms with Crippen LogP contribution >= 0.6 is 0 Å².